The average molecular weight is 447 g/mol. The number of amides is 1. The normalized spacial score (nSPS) is 14.7. The number of benzene rings is 2. The number of aromatic amines is 1. The molecule has 1 aliphatic heterocycles. The summed E-state index contributed by atoms with van der Waals surface area (Å²) in [5.74, 6) is -0.340. The zero-order valence-corrected chi connectivity index (χ0v) is 19.1. The van der Waals surface area contributed by atoms with E-state index < -0.39 is 0 Å². The number of anilines is 1. The summed E-state index contributed by atoms with van der Waals surface area (Å²) in [6.07, 6.45) is 3.23. The summed E-state index contributed by atoms with van der Waals surface area (Å²) in [5.41, 5.74) is 5.57. The predicted octanol–water partition coefficient (Wildman–Crippen LogP) is 4.41. The standard InChI is InChI=1S/C26H30N4O3/c1-3-33-26(32)24-22(16-27-29-24)17-30-13-11-20(12-14-30)25(31)28-23-9-7-19(8-10-23)21-6-4-5-18(2)15-21/h4-10,15-16,20H,3,11-14,17H2,1-2H3,(H,27,29)(H,28,31). The van der Waals surface area contributed by atoms with Gasteiger partial charge in [0.25, 0.3) is 0 Å². The van der Waals surface area contributed by atoms with Crippen LogP contribution in [0.4, 0.5) is 5.69 Å². The number of H-pyrrole nitrogens is 1. The molecule has 2 aromatic carbocycles. The third-order valence-corrected chi connectivity index (χ3v) is 6.05. The van der Waals surface area contributed by atoms with E-state index in [0.29, 0.717) is 18.8 Å². The van der Waals surface area contributed by atoms with Gasteiger partial charge in [-0.05, 0) is 63.0 Å². The van der Waals surface area contributed by atoms with E-state index in [1.165, 1.54) is 11.1 Å². The van der Waals surface area contributed by atoms with E-state index in [1.807, 2.05) is 24.3 Å². The lowest BCUT2D eigenvalue weighted by molar-refractivity contribution is -0.121. The van der Waals surface area contributed by atoms with E-state index in [4.69, 9.17) is 4.74 Å². The lowest BCUT2D eigenvalue weighted by atomic mass is 9.95. The zero-order chi connectivity index (χ0) is 23.2. The maximum Gasteiger partial charge on any atom is 0.356 e. The lowest BCUT2D eigenvalue weighted by Crippen LogP contribution is -2.38. The van der Waals surface area contributed by atoms with Crippen LogP contribution >= 0.6 is 0 Å². The Morgan fingerprint density at radius 1 is 1.12 bits per heavy atom. The van der Waals surface area contributed by atoms with Crippen molar-refractivity contribution in [2.75, 3.05) is 25.0 Å². The van der Waals surface area contributed by atoms with Crippen LogP contribution in [-0.4, -0.2) is 46.7 Å². The maximum atomic E-state index is 12.8. The topological polar surface area (TPSA) is 87.3 Å². The second kappa shape index (κ2) is 10.4. The number of piperidine rings is 1. The highest BCUT2D eigenvalue weighted by molar-refractivity contribution is 5.93. The minimum Gasteiger partial charge on any atom is -0.461 e. The van der Waals surface area contributed by atoms with Gasteiger partial charge in [0.15, 0.2) is 0 Å². The number of aryl methyl sites for hydroxylation is 1. The first-order chi connectivity index (χ1) is 16.0. The van der Waals surface area contributed by atoms with Crippen molar-refractivity contribution in [3.05, 3.63) is 71.5 Å². The fourth-order valence-corrected chi connectivity index (χ4v) is 4.22. The number of ether oxygens (including phenoxy) is 1. The molecule has 7 heteroatoms. The molecule has 3 aromatic rings. The van der Waals surface area contributed by atoms with Crippen LogP contribution in [0.2, 0.25) is 0 Å². The van der Waals surface area contributed by atoms with Crippen LogP contribution in [0, 0.1) is 12.8 Å². The minimum atomic E-state index is -0.382. The Kier molecular flexibility index (Phi) is 7.19. The molecule has 0 spiro atoms. The zero-order valence-electron chi connectivity index (χ0n) is 19.1. The molecule has 1 aliphatic rings. The van der Waals surface area contributed by atoms with Gasteiger partial charge in [0, 0.05) is 23.7 Å². The Morgan fingerprint density at radius 2 is 1.88 bits per heavy atom. The van der Waals surface area contributed by atoms with Gasteiger partial charge < -0.3 is 10.1 Å². The van der Waals surface area contributed by atoms with Gasteiger partial charge in [-0.25, -0.2) is 4.79 Å². The van der Waals surface area contributed by atoms with Crippen molar-refractivity contribution in [1.29, 1.82) is 0 Å². The maximum absolute atomic E-state index is 12.8. The molecule has 7 nitrogen and oxygen atoms in total. The average Bonchev–Trinajstić information content (AvgIpc) is 3.28. The van der Waals surface area contributed by atoms with E-state index >= 15 is 0 Å². The van der Waals surface area contributed by atoms with Crippen LogP contribution in [0.1, 0.15) is 41.4 Å². The molecule has 1 aromatic heterocycles. The summed E-state index contributed by atoms with van der Waals surface area (Å²) >= 11 is 0. The van der Waals surface area contributed by atoms with Crippen molar-refractivity contribution in [3.63, 3.8) is 0 Å². The molecule has 4 rings (SSSR count). The molecule has 0 radical (unpaired) electrons. The van der Waals surface area contributed by atoms with Gasteiger partial charge in [0.05, 0.1) is 12.8 Å². The Bertz CT molecular complexity index is 1100. The Labute approximate surface area is 194 Å². The van der Waals surface area contributed by atoms with Crippen LogP contribution in [0.5, 0.6) is 0 Å². The fraction of sp³-hybridized carbons (Fsp3) is 0.346. The highest BCUT2D eigenvalue weighted by Crippen LogP contribution is 2.24. The van der Waals surface area contributed by atoms with Gasteiger partial charge in [-0.15, -0.1) is 0 Å². The molecule has 0 aliphatic carbocycles. The van der Waals surface area contributed by atoms with Crippen molar-refractivity contribution in [2.24, 2.45) is 5.92 Å². The Hall–Kier alpha value is -3.45. The number of nitrogens with one attached hydrogen (secondary N) is 2. The molecule has 2 heterocycles. The molecule has 172 valence electrons. The first-order valence-electron chi connectivity index (χ1n) is 11.4. The second-order valence-electron chi connectivity index (χ2n) is 8.48. The van der Waals surface area contributed by atoms with Gasteiger partial charge in [-0.1, -0.05) is 42.0 Å². The molecular formula is C26H30N4O3. The largest absolute Gasteiger partial charge is 0.461 e. The molecule has 0 saturated carbocycles. The number of likely N-dealkylation sites (tertiary alicyclic amines) is 1. The summed E-state index contributed by atoms with van der Waals surface area (Å²) in [7, 11) is 0. The molecule has 0 unspecified atom stereocenters. The van der Waals surface area contributed by atoms with Crippen molar-refractivity contribution in [2.45, 2.75) is 33.2 Å². The number of carbonyl (C=O) groups is 2. The molecule has 1 saturated heterocycles. The van der Waals surface area contributed by atoms with E-state index in [9.17, 15) is 9.59 Å². The molecule has 1 amide bonds. The van der Waals surface area contributed by atoms with Crippen LogP contribution in [0.15, 0.2) is 54.7 Å². The molecule has 2 N–H and O–H groups in total. The van der Waals surface area contributed by atoms with Crippen LogP contribution < -0.4 is 5.32 Å². The Morgan fingerprint density at radius 3 is 2.58 bits per heavy atom. The lowest BCUT2D eigenvalue weighted by Gasteiger charge is -2.31. The van der Waals surface area contributed by atoms with E-state index in [-0.39, 0.29) is 17.8 Å². The minimum absolute atomic E-state index is 0.0217. The summed E-state index contributed by atoms with van der Waals surface area (Å²) < 4.78 is 5.08. The first kappa shape index (κ1) is 22.7. The van der Waals surface area contributed by atoms with E-state index in [0.717, 1.165) is 42.7 Å². The summed E-state index contributed by atoms with van der Waals surface area (Å²) in [4.78, 5) is 27.1. The van der Waals surface area contributed by atoms with Gasteiger partial charge in [0.2, 0.25) is 5.91 Å². The summed E-state index contributed by atoms with van der Waals surface area (Å²) in [6.45, 7) is 6.38. The number of esters is 1. The van der Waals surface area contributed by atoms with Crippen molar-refractivity contribution in [1.82, 2.24) is 15.1 Å². The van der Waals surface area contributed by atoms with Gasteiger partial charge in [-0.3, -0.25) is 14.8 Å². The first-order valence-corrected chi connectivity index (χ1v) is 11.4. The van der Waals surface area contributed by atoms with Gasteiger partial charge in [-0.2, -0.15) is 5.10 Å². The van der Waals surface area contributed by atoms with Crippen molar-refractivity contribution >= 4 is 17.6 Å². The van der Waals surface area contributed by atoms with Crippen LogP contribution in [-0.2, 0) is 16.1 Å². The highest BCUT2D eigenvalue weighted by Gasteiger charge is 2.26. The quantitative estimate of drug-likeness (QED) is 0.525. The fourth-order valence-electron chi connectivity index (χ4n) is 4.22. The molecule has 0 atom stereocenters. The second-order valence-corrected chi connectivity index (χ2v) is 8.48. The molecule has 33 heavy (non-hydrogen) atoms. The molecule has 0 bridgehead atoms. The monoisotopic (exact) mass is 446 g/mol. The Balaban J connectivity index is 1.28. The van der Waals surface area contributed by atoms with Gasteiger partial charge in [0.1, 0.15) is 5.69 Å². The van der Waals surface area contributed by atoms with E-state index in [2.05, 4.69) is 51.6 Å². The van der Waals surface area contributed by atoms with Crippen molar-refractivity contribution in [3.8, 4) is 11.1 Å². The summed E-state index contributed by atoms with van der Waals surface area (Å²) in [6, 6.07) is 16.4. The molecular weight excluding hydrogens is 416 g/mol. The van der Waals surface area contributed by atoms with Crippen molar-refractivity contribution < 1.29 is 14.3 Å². The van der Waals surface area contributed by atoms with E-state index in [1.54, 1.807) is 13.1 Å². The number of rotatable bonds is 7. The highest BCUT2D eigenvalue weighted by atomic mass is 16.5. The number of hydrogen-bond acceptors (Lipinski definition) is 5. The number of hydrogen-bond donors (Lipinski definition) is 2. The van der Waals surface area contributed by atoms with Crippen LogP contribution in [0.25, 0.3) is 11.1 Å². The SMILES string of the molecule is CCOC(=O)c1[nH]ncc1CN1CCC(C(=O)Nc2ccc(-c3cccc(C)c3)cc2)CC1. The number of nitrogens with zero attached hydrogens (tertiary/aromatic N) is 2. The summed E-state index contributed by atoms with van der Waals surface area (Å²) in [5, 5.41) is 9.80. The smallest absolute Gasteiger partial charge is 0.356 e. The predicted molar refractivity (Wildman–Crippen MR) is 128 cm³/mol. The van der Waals surface area contributed by atoms with Crippen LogP contribution in [0.3, 0.4) is 0 Å². The third kappa shape index (κ3) is 5.68. The molecule has 1 fully saturated rings. The third-order valence-electron chi connectivity index (χ3n) is 6.05. The van der Waals surface area contributed by atoms with Gasteiger partial charge >= 0.3 is 5.97 Å². The number of aromatic nitrogens is 2. The number of carbonyl (C=O) groups excluding carboxylic acids is 2.